The molecular weight excluding hydrogens is 437 g/mol. The number of hydrogen-bond donors (Lipinski definition) is 1. The Morgan fingerprint density at radius 3 is 2.48 bits per heavy atom. The summed E-state index contributed by atoms with van der Waals surface area (Å²) in [6, 6.07) is 15.0. The Labute approximate surface area is 185 Å². The minimum Gasteiger partial charge on any atom is -0.369 e. The molecule has 1 saturated heterocycles. The molecule has 0 aliphatic carbocycles. The minimum atomic E-state index is -3.83. The molecular formula is C22H22FN3O3S2. The second-order valence-corrected chi connectivity index (χ2v) is 10.1. The van der Waals surface area contributed by atoms with Crippen molar-refractivity contribution >= 4 is 38.6 Å². The number of aryl methyl sites for hydroxylation is 1. The van der Waals surface area contributed by atoms with Crippen LogP contribution in [0.25, 0.3) is 0 Å². The highest BCUT2D eigenvalue weighted by Gasteiger charge is 2.32. The average molecular weight is 460 g/mol. The molecule has 2 heterocycles. The molecule has 1 amide bonds. The van der Waals surface area contributed by atoms with E-state index in [0.717, 1.165) is 22.6 Å². The maximum Gasteiger partial charge on any atom is 0.267 e. The van der Waals surface area contributed by atoms with Crippen LogP contribution in [-0.2, 0) is 10.0 Å². The van der Waals surface area contributed by atoms with E-state index in [1.165, 1.54) is 28.6 Å². The lowest BCUT2D eigenvalue weighted by molar-refractivity contribution is 0.102. The summed E-state index contributed by atoms with van der Waals surface area (Å²) in [5.41, 5.74) is 2.50. The Morgan fingerprint density at radius 1 is 1.03 bits per heavy atom. The van der Waals surface area contributed by atoms with Crippen molar-refractivity contribution < 1.29 is 17.6 Å². The molecule has 0 bridgehead atoms. The van der Waals surface area contributed by atoms with Crippen molar-refractivity contribution in [3.8, 4) is 0 Å². The molecule has 162 valence electrons. The summed E-state index contributed by atoms with van der Waals surface area (Å²) in [7, 11) is -3.83. The van der Waals surface area contributed by atoms with Crippen molar-refractivity contribution in [3.63, 3.8) is 0 Å². The first-order chi connectivity index (χ1) is 14.8. The number of amides is 1. The van der Waals surface area contributed by atoms with Crippen molar-refractivity contribution in [1.82, 2.24) is 4.31 Å². The molecule has 0 unspecified atom stereocenters. The van der Waals surface area contributed by atoms with Crippen molar-refractivity contribution in [2.24, 2.45) is 0 Å². The molecule has 1 aliphatic rings. The minimum absolute atomic E-state index is 0.0181. The fourth-order valence-corrected chi connectivity index (χ4v) is 6.29. The monoisotopic (exact) mass is 459 g/mol. The smallest absolute Gasteiger partial charge is 0.267 e. The van der Waals surface area contributed by atoms with Gasteiger partial charge in [-0.25, -0.2) is 12.8 Å². The van der Waals surface area contributed by atoms with Crippen molar-refractivity contribution in [3.05, 3.63) is 76.2 Å². The van der Waals surface area contributed by atoms with Crippen LogP contribution in [0.4, 0.5) is 15.8 Å². The third-order valence-electron chi connectivity index (χ3n) is 5.14. The van der Waals surface area contributed by atoms with E-state index in [-0.39, 0.29) is 15.5 Å². The van der Waals surface area contributed by atoms with Crippen LogP contribution < -0.4 is 10.2 Å². The van der Waals surface area contributed by atoms with Gasteiger partial charge in [0.2, 0.25) is 10.0 Å². The van der Waals surface area contributed by atoms with E-state index in [4.69, 9.17) is 0 Å². The number of nitrogens with one attached hydrogen (secondary N) is 1. The second kappa shape index (κ2) is 8.78. The Morgan fingerprint density at radius 2 is 1.77 bits per heavy atom. The zero-order valence-corrected chi connectivity index (χ0v) is 18.5. The third-order valence-corrected chi connectivity index (χ3v) is 8.12. The molecule has 0 atom stereocenters. The SMILES string of the molecule is Cc1cccc(N2CCN(S(=O)(=O)c3ccsc3C(=O)Nc3cccc(F)c3)CC2)c1. The molecule has 1 aromatic heterocycles. The average Bonchev–Trinajstić information content (AvgIpc) is 3.25. The van der Waals surface area contributed by atoms with Crippen LogP contribution in [0.2, 0.25) is 0 Å². The normalized spacial score (nSPS) is 15.1. The Bertz CT molecular complexity index is 1200. The Balaban J connectivity index is 1.49. The van der Waals surface area contributed by atoms with Gasteiger partial charge in [-0.1, -0.05) is 18.2 Å². The van der Waals surface area contributed by atoms with Gasteiger partial charge in [-0.05, 0) is 54.3 Å². The fourth-order valence-electron chi connectivity index (χ4n) is 3.57. The number of sulfonamides is 1. The molecule has 0 saturated carbocycles. The lowest BCUT2D eigenvalue weighted by Crippen LogP contribution is -2.48. The van der Waals surface area contributed by atoms with Gasteiger partial charge in [0.05, 0.1) is 0 Å². The maximum atomic E-state index is 13.4. The quantitative estimate of drug-likeness (QED) is 0.627. The van der Waals surface area contributed by atoms with Gasteiger partial charge in [0, 0.05) is 37.6 Å². The van der Waals surface area contributed by atoms with Gasteiger partial charge >= 0.3 is 0 Å². The van der Waals surface area contributed by atoms with Crippen molar-refractivity contribution in [2.75, 3.05) is 36.4 Å². The topological polar surface area (TPSA) is 69.7 Å². The highest BCUT2D eigenvalue weighted by molar-refractivity contribution is 7.89. The van der Waals surface area contributed by atoms with Gasteiger partial charge in [-0.15, -0.1) is 11.3 Å². The van der Waals surface area contributed by atoms with E-state index in [2.05, 4.69) is 16.3 Å². The highest BCUT2D eigenvalue weighted by Crippen LogP contribution is 2.28. The zero-order chi connectivity index (χ0) is 22.0. The number of anilines is 2. The molecule has 6 nitrogen and oxygen atoms in total. The van der Waals surface area contributed by atoms with Gasteiger partial charge in [0.25, 0.3) is 5.91 Å². The molecule has 1 fully saturated rings. The highest BCUT2D eigenvalue weighted by atomic mass is 32.2. The summed E-state index contributed by atoms with van der Waals surface area (Å²) in [6.07, 6.45) is 0. The van der Waals surface area contributed by atoms with Gasteiger partial charge in [0.15, 0.2) is 0 Å². The Hall–Kier alpha value is -2.75. The zero-order valence-electron chi connectivity index (χ0n) is 16.9. The van der Waals surface area contributed by atoms with Crippen LogP contribution in [0, 0.1) is 12.7 Å². The van der Waals surface area contributed by atoms with Crippen molar-refractivity contribution in [2.45, 2.75) is 11.8 Å². The van der Waals surface area contributed by atoms with Gasteiger partial charge in [-0.3, -0.25) is 4.79 Å². The second-order valence-electron chi connectivity index (χ2n) is 7.31. The first kappa shape index (κ1) is 21.5. The first-order valence-electron chi connectivity index (χ1n) is 9.81. The summed E-state index contributed by atoms with van der Waals surface area (Å²) < 4.78 is 41.3. The van der Waals surface area contributed by atoms with Crippen LogP contribution in [-0.4, -0.2) is 44.8 Å². The van der Waals surface area contributed by atoms with Gasteiger partial charge < -0.3 is 10.2 Å². The number of halogens is 1. The Kier molecular flexibility index (Phi) is 6.08. The van der Waals surface area contributed by atoms with Crippen LogP contribution in [0.15, 0.2) is 64.9 Å². The van der Waals surface area contributed by atoms with E-state index < -0.39 is 21.7 Å². The summed E-state index contributed by atoms with van der Waals surface area (Å²) in [4.78, 5) is 14.9. The lowest BCUT2D eigenvalue weighted by Gasteiger charge is -2.35. The first-order valence-corrected chi connectivity index (χ1v) is 12.1. The molecule has 0 spiro atoms. The molecule has 1 aliphatic heterocycles. The number of carbonyl (C=O) groups excluding carboxylic acids is 1. The molecule has 1 N–H and O–H groups in total. The number of piperazine rings is 1. The summed E-state index contributed by atoms with van der Waals surface area (Å²) in [5.74, 6) is -1.05. The number of carbonyl (C=O) groups is 1. The predicted octanol–water partition coefficient (Wildman–Crippen LogP) is 3.96. The van der Waals surface area contributed by atoms with Crippen molar-refractivity contribution in [1.29, 1.82) is 0 Å². The predicted molar refractivity (Wildman–Crippen MR) is 121 cm³/mol. The van der Waals surface area contributed by atoms with Crippen LogP contribution >= 0.6 is 11.3 Å². The van der Waals surface area contributed by atoms with Gasteiger partial charge in [0.1, 0.15) is 15.6 Å². The third kappa shape index (κ3) is 4.63. The number of benzene rings is 2. The van der Waals surface area contributed by atoms with Crippen LogP contribution in [0.3, 0.4) is 0 Å². The lowest BCUT2D eigenvalue weighted by atomic mass is 10.2. The van der Waals surface area contributed by atoms with E-state index in [9.17, 15) is 17.6 Å². The summed E-state index contributed by atoms with van der Waals surface area (Å²) >= 11 is 1.05. The largest absolute Gasteiger partial charge is 0.369 e. The standard InChI is InChI=1S/C22H22FN3O3S2/c1-16-4-2-7-19(14-16)25-9-11-26(12-10-25)31(28,29)20-8-13-30-21(20)22(27)24-18-6-3-5-17(23)15-18/h2-8,13-15H,9-12H2,1H3,(H,24,27). The molecule has 4 rings (SSSR count). The molecule has 31 heavy (non-hydrogen) atoms. The number of rotatable bonds is 5. The van der Waals surface area contributed by atoms with E-state index in [1.54, 1.807) is 11.4 Å². The molecule has 3 aromatic rings. The number of nitrogens with zero attached hydrogens (tertiary/aromatic N) is 2. The van der Waals surface area contributed by atoms with Crippen LogP contribution in [0.1, 0.15) is 15.2 Å². The number of thiophene rings is 1. The summed E-state index contributed by atoms with van der Waals surface area (Å²) in [5, 5.41) is 4.15. The maximum absolute atomic E-state index is 13.4. The fraction of sp³-hybridized carbons (Fsp3) is 0.227. The van der Waals surface area contributed by atoms with E-state index in [1.807, 2.05) is 25.1 Å². The molecule has 2 aromatic carbocycles. The van der Waals surface area contributed by atoms with E-state index >= 15 is 0 Å². The summed E-state index contributed by atoms with van der Waals surface area (Å²) in [6.45, 7) is 3.82. The van der Waals surface area contributed by atoms with E-state index in [0.29, 0.717) is 26.2 Å². The molecule has 9 heteroatoms. The van der Waals surface area contributed by atoms with Crippen LogP contribution in [0.5, 0.6) is 0 Å². The number of hydrogen-bond acceptors (Lipinski definition) is 5. The van der Waals surface area contributed by atoms with Gasteiger partial charge in [-0.2, -0.15) is 4.31 Å². The molecule has 0 radical (unpaired) electrons.